The molecule has 3 rings (SSSR count). The number of nitrogens with one attached hydrogen (secondary N) is 2. The van der Waals surface area contributed by atoms with Crippen LogP contribution < -0.4 is 19.5 Å². The highest BCUT2D eigenvalue weighted by atomic mass is 19.1. The summed E-state index contributed by atoms with van der Waals surface area (Å²) in [7, 11) is 3.22. The van der Waals surface area contributed by atoms with Crippen molar-refractivity contribution in [2.45, 2.75) is 12.8 Å². The number of H-pyrrole nitrogens is 1. The number of nitrogens with zero attached hydrogens (tertiary/aromatic N) is 1. The molecule has 3 aromatic rings. The van der Waals surface area contributed by atoms with Crippen LogP contribution in [0.2, 0.25) is 0 Å². The quantitative estimate of drug-likeness (QED) is 0.576. The molecule has 0 spiro atoms. The van der Waals surface area contributed by atoms with Gasteiger partial charge in [0.15, 0.2) is 24.0 Å². The Labute approximate surface area is 167 Å². The van der Waals surface area contributed by atoms with Gasteiger partial charge in [0.2, 0.25) is 0 Å². The minimum absolute atomic E-state index is 0.0269. The number of rotatable bonds is 9. The lowest BCUT2D eigenvalue weighted by atomic mass is 10.1. The Morgan fingerprint density at radius 1 is 1.07 bits per heavy atom. The van der Waals surface area contributed by atoms with Crippen LogP contribution in [-0.2, 0) is 17.6 Å². The maximum Gasteiger partial charge on any atom is 0.263 e. The summed E-state index contributed by atoms with van der Waals surface area (Å²) in [4.78, 5) is 12.0. The van der Waals surface area contributed by atoms with Gasteiger partial charge in [-0.25, -0.2) is 4.39 Å². The molecule has 7 nitrogen and oxygen atoms in total. The Hall–Kier alpha value is -3.55. The van der Waals surface area contributed by atoms with Gasteiger partial charge in [0.25, 0.3) is 5.91 Å². The van der Waals surface area contributed by atoms with Crippen LogP contribution in [0.4, 0.5) is 10.2 Å². The number of ether oxygens (including phenoxy) is 3. The van der Waals surface area contributed by atoms with Crippen molar-refractivity contribution in [1.29, 1.82) is 0 Å². The zero-order chi connectivity index (χ0) is 20.6. The molecule has 0 aliphatic carbocycles. The molecular formula is C21H22FN3O4. The Kier molecular flexibility index (Phi) is 6.67. The van der Waals surface area contributed by atoms with Gasteiger partial charge in [-0.1, -0.05) is 12.1 Å². The van der Waals surface area contributed by atoms with Crippen LogP contribution in [0, 0.1) is 5.82 Å². The first-order valence-corrected chi connectivity index (χ1v) is 9.01. The van der Waals surface area contributed by atoms with Gasteiger partial charge in [0.1, 0.15) is 11.5 Å². The molecule has 8 heteroatoms. The summed E-state index contributed by atoms with van der Waals surface area (Å²) in [5.74, 6) is 0.920. The lowest BCUT2D eigenvalue weighted by Gasteiger charge is -2.08. The molecular weight excluding hydrogens is 377 g/mol. The van der Waals surface area contributed by atoms with E-state index < -0.39 is 11.7 Å². The maximum absolute atomic E-state index is 13.5. The van der Waals surface area contributed by atoms with Crippen molar-refractivity contribution < 1.29 is 23.4 Å². The molecule has 29 heavy (non-hydrogen) atoms. The highest BCUT2D eigenvalue weighted by Gasteiger charge is 2.10. The number of hydrogen-bond donors (Lipinski definition) is 2. The molecule has 0 aliphatic heterocycles. The number of anilines is 1. The summed E-state index contributed by atoms with van der Waals surface area (Å²) >= 11 is 0. The normalized spacial score (nSPS) is 10.4. The van der Waals surface area contributed by atoms with Crippen molar-refractivity contribution >= 4 is 11.7 Å². The zero-order valence-electron chi connectivity index (χ0n) is 16.2. The molecule has 0 saturated carbocycles. The lowest BCUT2D eigenvalue weighted by molar-refractivity contribution is -0.118. The predicted molar refractivity (Wildman–Crippen MR) is 106 cm³/mol. The number of benzene rings is 2. The number of carbonyl (C=O) groups excluding carboxylic acids is 1. The van der Waals surface area contributed by atoms with E-state index in [1.165, 1.54) is 12.1 Å². The van der Waals surface area contributed by atoms with Gasteiger partial charge in [0, 0.05) is 17.8 Å². The van der Waals surface area contributed by atoms with E-state index in [0.717, 1.165) is 29.2 Å². The van der Waals surface area contributed by atoms with E-state index in [9.17, 15) is 9.18 Å². The van der Waals surface area contributed by atoms with Gasteiger partial charge in [-0.05, 0) is 42.7 Å². The third-order valence-electron chi connectivity index (χ3n) is 4.19. The van der Waals surface area contributed by atoms with Crippen LogP contribution in [0.5, 0.6) is 17.2 Å². The first kappa shape index (κ1) is 20.2. The first-order chi connectivity index (χ1) is 14.1. The summed E-state index contributed by atoms with van der Waals surface area (Å²) in [5.41, 5.74) is 1.91. The average molecular weight is 399 g/mol. The number of carbonyl (C=O) groups is 1. The first-order valence-electron chi connectivity index (χ1n) is 9.01. The molecule has 1 aromatic heterocycles. The third kappa shape index (κ3) is 5.71. The molecule has 152 valence electrons. The Balaban J connectivity index is 1.51. The second-order valence-electron chi connectivity index (χ2n) is 6.27. The maximum atomic E-state index is 13.5. The second kappa shape index (κ2) is 9.59. The summed E-state index contributed by atoms with van der Waals surface area (Å²) < 4.78 is 29.2. The summed E-state index contributed by atoms with van der Waals surface area (Å²) in [6.45, 7) is -0.313. The molecule has 0 bridgehead atoms. The van der Waals surface area contributed by atoms with E-state index in [1.807, 2.05) is 18.2 Å². The van der Waals surface area contributed by atoms with Crippen LogP contribution in [0.3, 0.4) is 0 Å². The molecule has 0 atom stereocenters. The van der Waals surface area contributed by atoms with Crippen LogP contribution in [0.15, 0.2) is 48.5 Å². The molecule has 0 saturated heterocycles. The van der Waals surface area contributed by atoms with Gasteiger partial charge in [-0.15, -0.1) is 0 Å². The van der Waals surface area contributed by atoms with E-state index in [0.29, 0.717) is 12.2 Å². The fraction of sp³-hybridized carbons (Fsp3) is 0.238. The van der Waals surface area contributed by atoms with Crippen molar-refractivity contribution in [1.82, 2.24) is 10.2 Å². The van der Waals surface area contributed by atoms with Crippen molar-refractivity contribution in [3.05, 3.63) is 65.6 Å². The molecule has 0 unspecified atom stereocenters. The molecule has 2 aromatic carbocycles. The summed E-state index contributed by atoms with van der Waals surface area (Å²) in [5, 5.41) is 9.58. The second-order valence-corrected chi connectivity index (χ2v) is 6.27. The Bertz CT molecular complexity index is 952. The predicted octanol–water partition coefficient (Wildman–Crippen LogP) is 3.37. The van der Waals surface area contributed by atoms with Crippen LogP contribution in [0.1, 0.15) is 11.3 Å². The monoisotopic (exact) mass is 399 g/mol. The molecule has 1 heterocycles. The lowest BCUT2D eigenvalue weighted by Crippen LogP contribution is -2.20. The van der Waals surface area contributed by atoms with Crippen LogP contribution >= 0.6 is 0 Å². The van der Waals surface area contributed by atoms with E-state index in [4.69, 9.17) is 14.2 Å². The number of methoxy groups -OCH3 is 2. The van der Waals surface area contributed by atoms with E-state index in [1.54, 1.807) is 32.4 Å². The number of aromatic amines is 1. The van der Waals surface area contributed by atoms with Crippen molar-refractivity contribution in [3.8, 4) is 17.2 Å². The zero-order valence-corrected chi connectivity index (χ0v) is 16.2. The van der Waals surface area contributed by atoms with Gasteiger partial charge in [0.05, 0.1) is 14.2 Å². The van der Waals surface area contributed by atoms with Crippen LogP contribution in [-0.4, -0.2) is 36.9 Å². The summed E-state index contributed by atoms with van der Waals surface area (Å²) in [6.07, 6.45) is 1.42. The topological polar surface area (TPSA) is 85.5 Å². The third-order valence-corrected chi connectivity index (χ3v) is 4.19. The summed E-state index contributed by atoms with van der Waals surface area (Å²) in [6, 6.07) is 13.4. The highest BCUT2D eigenvalue weighted by molar-refractivity contribution is 5.90. The van der Waals surface area contributed by atoms with Gasteiger partial charge in [-0.3, -0.25) is 9.89 Å². The molecule has 0 radical (unpaired) electrons. The molecule has 0 fully saturated rings. The minimum Gasteiger partial charge on any atom is -0.497 e. The Morgan fingerprint density at radius 2 is 1.79 bits per heavy atom. The number of aromatic nitrogens is 2. The highest BCUT2D eigenvalue weighted by Crippen LogP contribution is 2.23. The van der Waals surface area contributed by atoms with Gasteiger partial charge < -0.3 is 19.5 Å². The molecule has 1 amide bonds. The van der Waals surface area contributed by atoms with Crippen molar-refractivity contribution in [3.63, 3.8) is 0 Å². The standard InChI is InChI=1S/C21H22FN3O4/c1-27-16-9-14(10-17(12-16)28-2)7-8-15-11-20(25-24-15)23-21(26)13-29-19-6-4-3-5-18(19)22/h3-6,9-12H,7-8,13H2,1-2H3,(H2,23,24,25,26). The minimum atomic E-state index is -0.517. The smallest absolute Gasteiger partial charge is 0.263 e. The van der Waals surface area contributed by atoms with Gasteiger partial charge in [-0.2, -0.15) is 5.10 Å². The average Bonchev–Trinajstić information content (AvgIpc) is 3.18. The number of para-hydroxylation sites is 1. The fourth-order valence-corrected chi connectivity index (χ4v) is 2.73. The number of amides is 1. The molecule has 0 aliphatic rings. The number of halogens is 1. The van der Waals surface area contributed by atoms with Crippen LogP contribution in [0.25, 0.3) is 0 Å². The van der Waals surface area contributed by atoms with E-state index in [2.05, 4.69) is 15.5 Å². The molecule has 2 N–H and O–H groups in total. The van der Waals surface area contributed by atoms with E-state index >= 15 is 0 Å². The Morgan fingerprint density at radius 3 is 2.48 bits per heavy atom. The van der Waals surface area contributed by atoms with Gasteiger partial charge >= 0.3 is 0 Å². The largest absolute Gasteiger partial charge is 0.497 e. The fourth-order valence-electron chi connectivity index (χ4n) is 2.73. The van der Waals surface area contributed by atoms with Crippen molar-refractivity contribution in [2.75, 3.05) is 26.1 Å². The van der Waals surface area contributed by atoms with E-state index in [-0.39, 0.29) is 12.4 Å². The SMILES string of the molecule is COc1cc(CCc2cc(NC(=O)COc3ccccc3F)n[nH]2)cc(OC)c1. The number of hydrogen-bond acceptors (Lipinski definition) is 5. The van der Waals surface area contributed by atoms with Crippen molar-refractivity contribution in [2.24, 2.45) is 0 Å². The number of aryl methyl sites for hydroxylation is 2.